The SMILES string of the molecule is CC(N)C1CCCCN1C(=O)c1cc(=O)[nH]c2ccccc12. The van der Waals surface area contributed by atoms with Gasteiger partial charge in [-0.05, 0) is 32.3 Å². The van der Waals surface area contributed by atoms with Gasteiger partial charge in [-0.2, -0.15) is 0 Å². The second kappa shape index (κ2) is 5.93. The number of carbonyl (C=O) groups is 1. The van der Waals surface area contributed by atoms with Crippen LogP contribution in [0.5, 0.6) is 0 Å². The van der Waals surface area contributed by atoms with E-state index < -0.39 is 0 Å². The Morgan fingerprint density at radius 2 is 2.14 bits per heavy atom. The number of piperidine rings is 1. The number of likely N-dealkylation sites (tertiary alicyclic amines) is 1. The van der Waals surface area contributed by atoms with Gasteiger partial charge in [-0.15, -0.1) is 0 Å². The van der Waals surface area contributed by atoms with E-state index >= 15 is 0 Å². The number of nitrogens with one attached hydrogen (secondary N) is 1. The van der Waals surface area contributed by atoms with E-state index in [1.807, 2.05) is 36.1 Å². The molecule has 0 radical (unpaired) electrons. The summed E-state index contributed by atoms with van der Waals surface area (Å²) in [4.78, 5) is 29.5. The lowest BCUT2D eigenvalue weighted by molar-refractivity contribution is 0.0585. The number of hydrogen-bond acceptors (Lipinski definition) is 3. The molecule has 1 saturated heterocycles. The molecule has 5 nitrogen and oxygen atoms in total. The molecule has 3 N–H and O–H groups in total. The fourth-order valence-electron chi connectivity index (χ4n) is 3.29. The van der Waals surface area contributed by atoms with Crippen LogP contribution in [0, 0.1) is 0 Å². The van der Waals surface area contributed by atoms with E-state index in [9.17, 15) is 9.59 Å². The zero-order valence-electron chi connectivity index (χ0n) is 12.7. The van der Waals surface area contributed by atoms with Gasteiger partial charge >= 0.3 is 0 Å². The Hall–Kier alpha value is -2.14. The average molecular weight is 299 g/mol. The Kier molecular flexibility index (Phi) is 3.98. The molecule has 0 spiro atoms. The highest BCUT2D eigenvalue weighted by Crippen LogP contribution is 2.23. The second-order valence-corrected chi connectivity index (χ2v) is 6.01. The predicted molar refractivity (Wildman–Crippen MR) is 86.9 cm³/mol. The molecule has 1 aliphatic heterocycles. The third kappa shape index (κ3) is 2.64. The van der Waals surface area contributed by atoms with Crippen molar-refractivity contribution in [3.8, 4) is 0 Å². The number of nitrogens with zero attached hydrogens (tertiary/aromatic N) is 1. The summed E-state index contributed by atoms with van der Waals surface area (Å²) < 4.78 is 0. The standard InChI is InChI=1S/C17H21N3O2/c1-11(18)15-8-4-5-9-20(15)17(22)13-10-16(21)19-14-7-3-2-6-12(13)14/h2-3,6-7,10-11,15H,4-5,8-9,18H2,1H3,(H,19,21). The number of H-pyrrole nitrogens is 1. The summed E-state index contributed by atoms with van der Waals surface area (Å²) in [5.41, 5.74) is 6.95. The molecule has 22 heavy (non-hydrogen) atoms. The molecular formula is C17H21N3O2. The number of carbonyl (C=O) groups excluding carboxylic acids is 1. The van der Waals surface area contributed by atoms with E-state index in [1.165, 1.54) is 6.07 Å². The van der Waals surface area contributed by atoms with Crippen molar-refractivity contribution in [1.82, 2.24) is 9.88 Å². The zero-order valence-corrected chi connectivity index (χ0v) is 12.7. The molecule has 0 bridgehead atoms. The van der Waals surface area contributed by atoms with E-state index in [-0.39, 0.29) is 23.6 Å². The molecule has 1 aliphatic rings. The maximum Gasteiger partial charge on any atom is 0.255 e. The van der Waals surface area contributed by atoms with E-state index in [0.29, 0.717) is 17.6 Å². The molecule has 0 aliphatic carbocycles. The summed E-state index contributed by atoms with van der Waals surface area (Å²) in [6, 6.07) is 8.76. The first-order chi connectivity index (χ1) is 10.6. The molecule has 1 aromatic carbocycles. The van der Waals surface area contributed by atoms with Crippen molar-refractivity contribution >= 4 is 16.8 Å². The first-order valence-corrected chi connectivity index (χ1v) is 7.76. The average Bonchev–Trinajstić information content (AvgIpc) is 2.53. The number of para-hydroxylation sites is 1. The molecule has 2 atom stereocenters. The number of nitrogens with two attached hydrogens (primary N) is 1. The Morgan fingerprint density at radius 1 is 1.36 bits per heavy atom. The second-order valence-electron chi connectivity index (χ2n) is 6.01. The van der Waals surface area contributed by atoms with Crippen LogP contribution < -0.4 is 11.3 Å². The van der Waals surface area contributed by atoms with Gasteiger partial charge in [-0.3, -0.25) is 9.59 Å². The van der Waals surface area contributed by atoms with Gasteiger partial charge in [-0.1, -0.05) is 18.2 Å². The van der Waals surface area contributed by atoms with Gasteiger partial charge in [0.25, 0.3) is 5.91 Å². The van der Waals surface area contributed by atoms with Crippen molar-refractivity contribution in [1.29, 1.82) is 0 Å². The van der Waals surface area contributed by atoms with Crippen molar-refractivity contribution in [2.24, 2.45) is 5.73 Å². The highest BCUT2D eigenvalue weighted by molar-refractivity contribution is 6.06. The lowest BCUT2D eigenvalue weighted by atomic mass is 9.95. The molecule has 3 rings (SSSR count). The number of rotatable bonds is 2. The Bertz CT molecular complexity index is 751. The molecule has 1 aromatic heterocycles. The summed E-state index contributed by atoms with van der Waals surface area (Å²) >= 11 is 0. The molecule has 0 saturated carbocycles. The minimum absolute atomic E-state index is 0.0410. The normalized spacial score (nSPS) is 20.1. The van der Waals surface area contributed by atoms with E-state index in [2.05, 4.69) is 4.98 Å². The largest absolute Gasteiger partial charge is 0.334 e. The molecule has 1 fully saturated rings. The molecule has 1 amide bonds. The fraction of sp³-hybridized carbons (Fsp3) is 0.412. The van der Waals surface area contributed by atoms with Gasteiger partial charge in [0.2, 0.25) is 5.56 Å². The lowest BCUT2D eigenvalue weighted by Gasteiger charge is -2.38. The van der Waals surface area contributed by atoms with Crippen LogP contribution in [0.25, 0.3) is 10.9 Å². The van der Waals surface area contributed by atoms with Crippen molar-refractivity contribution in [2.75, 3.05) is 6.54 Å². The van der Waals surface area contributed by atoms with Crippen LogP contribution in [0.1, 0.15) is 36.5 Å². The summed E-state index contributed by atoms with van der Waals surface area (Å²) in [5.74, 6) is -0.0932. The highest BCUT2D eigenvalue weighted by atomic mass is 16.2. The van der Waals surface area contributed by atoms with Crippen LogP contribution in [0.4, 0.5) is 0 Å². The number of benzene rings is 1. The Morgan fingerprint density at radius 3 is 2.91 bits per heavy atom. The van der Waals surface area contributed by atoms with E-state index in [4.69, 9.17) is 5.73 Å². The number of aromatic amines is 1. The monoisotopic (exact) mass is 299 g/mol. The summed E-state index contributed by atoms with van der Waals surface area (Å²) in [6.45, 7) is 2.64. The topological polar surface area (TPSA) is 79.2 Å². The smallest absolute Gasteiger partial charge is 0.255 e. The van der Waals surface area contributed by atoms with Crippen LogP contribution in [-0.4, -0.2) is 34.4 Å². The van der Waals surface area contributed by atoms with Crippen LogP contribution >= 0.6 is 0 Å². The summed E-state index contributed by atoms with van der Waals surface area (Å²) in [5, 5.41) is 0.779. The lowest BCUT2D eigenvalue weighted by Crippen LogP contribution is -2.51. The van der Waals surface area contributed by atoms with Crippen LogP contribution in [-0.2, 0) is 0 Å². The maximum atomic E-state index is 13.0. The predicted octanol–water partition coefficient (Wildman–Crippen LogP) is 1.87. The van der Waals surface area contributed by atoms with Gasteiger partial charge in [-0.25, -0.2) is 0 Å². The van der Waals surface area contributed by atoms with Crippen LogP contribution in [0.15, 0.2) is 35.1 Å². The van der Waals surface area contributed by atoms with Gasteiger partial charge < -0.3 is 15.6 Å². The molecule has 2 heterocycles. The Labute approximate surface area is 129 Å². The van der Waals surface area contributed by atoms with Crippen LogP contribution in [0.3, 0.4) is 0 Å². The van der Waals surface area contributed by atoms with Crippen molar-refractivity contribution in [3.63, 3.8) is 0 Å². The summed E-state index contributed by atoms with van der Waals surface area (Å²) in [6.07, 6.45) is 2.99. The molecule has 2 unspecified atom stereocenters. The van der Waals surface area contributed by atoms with Gasteiger partial charge in [0.1, 0.15) is 0 Å². The number of hydrogen-bond donors (Lipinski definition) is 2. The Balaban J connectivity index is 2.06. The first kappa shape index (κ1) is 14.8. The zero-order chi connectivity index (χ0) is 15.7. The molecular weight excluding hydrogens is 278 g/mol. The van der Waals surface area contributed by atoms with Gasteiger partial charge in [0.05, 0.1) is 5.56 Å². The quantitative estimate of drug-likeness (QED) is 0.888. The molecule has 5 heteroatoms. The number of amides is 1. The number of fused-ring (bicyclic) bond motifs is 1. The maximum absolute atomic E-state index is 13.0. The van der Waals surface area contributed by atoms with Crippen molar-refractivity contribution in [2.45, 2.75) is 38.3 Å². The minimum Gasteiger partial charge on any atom is -0.334 e. The van der Waals surface area contributed by atoms with Gasteiger partial charge in [0.15, 0.2) is 0 Å². The third-order valence-corrected chi connectivity index (χ3v) is 4.40. The van der Waals surface area contributed by atoms with Crippen molar-refractivity contribution in [3.05, 3.63) is 46.2 Å². The van der Waals surface area contributed by atoms with E-state index in [0.717, 1.165) is 24.6 Å². The van der Waals surface area contributed by atoms with Crippen molar-refractivity contribution < 1.29 is 4.79 Å². The fourth-order valence-corrected chi connectivity index (χ4v) is 3.29. The van der Waals surface area contributed by atoms with E-state index in [1.54, 1.807) is 0 Å². The van der Waals surface area contributed by atoms with Gasteiger partial charge in [0, 0.05) is 35.6 Å². The third-order valence-electron chi connectivity index (χ3n) is 4.40. The highest BCUT2D eigenvalue weighted by Gasteiger charge is 2.30. The van der Waals surface area contributed by atoms with Crippen LogP contribution in [0.2, 0.25) is 0 Å². The summed E-state index contributed by atoms with van der Waals surface area (Å²) in [7, 11) is 0. The number of pyridine rings is 1. The number of aromatic nitrogens is 1. The molecule has 116 valence electrons. The minimum atomic E-state index is -0.253. The molecule has 2 aromatic rings. The first-order valence-electron chi connectivity index (χ1n) is 7.76.